The maximum absolute atomic E-state index is 13.1. The van der Waals surface area contributed by atoms with Crippen molar-refractivity contribution in [2.75, 3.05) is 19.1 Å². The molecule has 2 aliphatic rings. The number of anilines is 1. The van der Waals surface area contributed by atoms with Crippen molar-refractivity contribution >= 4 is 23.6 Å². The van der Waals surface area contributed by atoms with Crippen LogP contribution < -0.4 is 14.4 Å². The normalized spacial score (nSPS) is 16.1. The first-order valence-electron chi connectivity index (χ1n) is 10.4. The number of esters is 1. The van der Waals surface area contributed by atoms with Crippen LogP contribution >= 0.6 is 0 Å². The Kier molecular flexibility index (Phi) is 5.48. The van der Waals surface area contributed by atoms with E-state index in [2.05, 4.69) is 0 Å². The smallest absolute Gasteiger partial charge is 0.337 e. The third-order valence-corrected chi connectivity index (χ3v) is 5.58. The van der Waals surface area contributed by atoms with E-state index < -0.39 is 11.6 Å². The fraction of sp³-hybridized carbons (Fsp3) is 0.360. The van der Waals surface area contributed by atoms with E-state index in [4.69, 9.17) is 14.2 Å². The second-order valence-electron chi connectivity index (χ2n) is 8.45. The van der Waals surface area contributed by atoms with Gasteiger partial charge in [0.25, 0.3) is 0 Å². The van der Waals surface area contributed by atoms with Crippen molar-refractivity contribution in [3.8, 4) is 11.5 Å². The molecule has 0 saturated heterocycles. The van der Waals surface area contributed by atoms with Crippen LogP contribution in [0.4, 0.5) is 5.69 Å². The molecule has 1 saturated carbocycles. The number of ether oxygens (including phenoxy) is 3. The van der Waals surface area contributed by atoms with Crippen LogP contribution in [0.3, 0.4) is 0 Å². The van der Waals surface area contributed by atoms with Crippen LogP contribution in [0.2, 0.25) is 0 Å². The highest BCUT2D eigenvalue weighted by Crippen LogP contribution is 2.42. The molecule has 1 fully saturated rings. The van der Waals surface area contributed by atoms with E-state index in [1.54, 1.807) is 36.3 Å². The molecule has 162 valence electrons. The van der Waals surface area contributed by atoms with Crippen molar-refractivity contribution < 1.29 is 23.8 Å². The standard InChI is InChI=1S/C25H27NO5/c1-25(2)14-13-16-5-8-19(21(29-3)22(16)31-25)15-26(23(27)17-6-7-17)20-11-9-18(10-12-20)24(28)30-4/h5,8-14,17H,6-7,15H2,1-4H3. The van der Waals surface area contributed by atoms with Gasteiger partial charge in [0.05, 0.1) is 26.3 Å². The Morgan fingerprint density at radius 3 is 2.42 bits per heavy atom. The third kappa shape index (κ3) is 4.29. The van der Waals surface area contributed by atoms with E-state index in [0.29, 0.717) is 23.6 Å². The van der Waals surface area contributed by atoms with E-state index in [1.807, 2.05) is 38.1 Å². The van der Waals surface area contributed by atoms with Gasteiger partial charge in [-0.15, -0.1) is 0 Å². The number of nitrogens with zero attached hydrogens (tertiary/aromatic N) is 1. The Morgan fingerprint density at radius 2 is 1.81 bits per heavy atom. The molecule has 0 N–H and O–H groups in total. The number of hydrogen-bond donors (Lipinski definition) is 0. The summed E-state index contributed by atoms with van der Waals surface area (Å²) in [7, 11) is 2.96. The Balaban J connectivity index is 1.69. The van der Waals surface area contributed by atoms with Gasteiger partial charge in [-0.05, 0) is 57.0 Å². The van der Waals surface area contributed by atoms with Crippen LogP contribution in [0.25, 0.3) is 6.08 Å². The van der Waals surface area contributed by atoms with Crippen LogP contribution in [-0.4, -0.2) is 31.7 Å². The maximum atomic E-state index is 13.1. The Labute approximate surface area is 182 Å². The lowest BCUT2D eigenvalue weighted by atomic mass is 9.99. The molecule has 0 radical (unpaired) electrons. The molecule has 1 amide bonds. The number of hydrogen-bond acceptors (Lipinski definition) is 5. The summed E-state index contributed by atoms with van der Waals surface area (Å²) >= 11 is 0. The minimum absolute atomic E-state index is 0.0435. The highest BCUT2D eigenvalue weighted by atomic mass is 16.5. The topological polar surface area (TPSA) is 65.1 Å². The highest BCUT2D eigenvalue weighted by Gasteiger charge is 2.35. The molecule has 2 aromatic rings. The van der Waals surface area contributed by atoms with Crippen LogP contribution in [0, 0.1) is 5.92 Å². The quantitative estimate of drug-likeness (QED) is 0.638. The minimum Gasteiger partial charge on any atom is -0.492 e. The molecule has 6 heteroatoms. The summed E-state index contributed by atoms with van der Waals surface area (Å²) in [5.74, 6) is 1.03. The van der Waals surface area contributed by atoms with Crippen molar-refractivity contribution in [3.63, 3.8) is 0 Å². The van der Waals surface area contributed by atoms with E-state index >= 15 is 0 Å². The van der Waals surface area contributed by atoms with E-state index in [0.717, 1.165) is 29.7 Å². The van der Waals surface area contributed by atoms with Gasteiger partial charge in [-0.3, -0.25) is 4.79 Å². The van der Waals surface area contributed by atoms with Crippen LogP contribution in [0.15, 0.2) is 42.5 Å². The van der Waals surface area contributed by atoms with Crippen molar-refractivity contribution in [1.82, 2.24) is 0 Å². The van der Waals surface area contributed by atoms with E-state index in [1.165, 1.54) is 7.11 Å². The summed E-state index contributed by atoms with van der Waals surface area (Å²) in [4.78, 5) is 26.7. The SMILES string of the molecule is COC(=O)c1ccc(N(Cc2ccc3c(c2OC)OC(C)(C)C=C3)C(=O)C2CC2)cc1. The Bertz CT molecular complexity index is 1030. The summed E-state index contributed by atoms with van der Waals surface area (Å²) in [6, 6.07) is 10.9. The van der Waals surface area contributed by atoms with Gasteiger partial charge in [0.15, 0.2) is 11.5 Å². The van der Waals surface area contributed by atoms with Crippen molar-refractivity contribution in [2.45, 2.75) is 38.8 Å². The van der Waals surface area contributed by atoms with Gasteiger partial charge in [0.2, 0.25) is 5.91 Å². The molecule has 1 aliphatic carbocycles. The number of fused-ring (bicyclic) bond motifs is 1. The van der Waals surface area contributed by atoms with Gasteiger partial charge in [-0.2, -0.15) is 0 Å². The molecule has 0 bridgehead atoms. The molecule has 2 aromatic carbocycles. The molecule has 6 nitrogen and oxygen atoms in total. The van der Waals surface area contributed by atoms with Gasteiger partial charge in [-0.25, -0.2) is 4.79 Å². The van der Waals surface area contributed by atoms with E-state index in [-0.39, 0.29) is 11.8 Å². The molecular formula is C25H27NO5. The predicted octanol–water partition coefficient (Wildman–Crippen LogP) is 4.61. The highest BCUT2D eigenvalue weighted by molar-refractivity contribution is 5.97. The molecular weight excluding hydrogens is 394 g/mol. The number of carbonyl (C=O) groups is 2. The second-order valence-corrected chi connectivity index (χ2v) is 8.45. The first-order valence-corrected chi connectivity index (χ1v) is 10.4. The summed E-state index contributed by atoms with van der Waals surface area (Å²) in [6.45, 7) is 4.32. The average Bonchev–Trinajstić information content (AvgIpc) is 3.61. The predicted molar refractivity (Wildman–Crippen MR) is 118 cm³/mol. The summed E-state index contributed by atoms with van der Waals surface area (Å²) in [5.41, 5.74) is 2.54. The fourth-order valence-corrected chi connectivity index (χ4v) is 3.70. The maximum Gasteiger partial charge on any atom is 0.337 e. The number of amides is 1. The van der Waals surface area contributed by atoms with Crippen molar-refractivity contribution in [2.24, 2.45) is 5.92 Å². The van der Waals surface area contributed by atoms with E-state index in [9.17, 15) is 9.59 Å². The summed E-state index contributed by atoms with van der Waals surface area (Å²) < 4.78 is 16.7. The molecule has 0 aromatic heterocycles. The molecule has 4 rings (SSSR count). The number of rotatable bonds is 6. The van der Waals surface area contributed by atoms with Gasteiger partial charge in [0, 0.05) is 22.7 Å². The third-order valence-electron chi connectivity index (χ3n) is 5.58. The second kappa shape index (κ2) is 8.10. The Morgan fingerprint density at radius 1 is 1.10 bits per heavy atom. The average molecular weight is 421 g/mol. The lowest BCUT2D eigenvalue weighted by Crippen LogP contribution is -2.32. The van der Waals surface area contributed by atoms with Crippen molar-refractivity contribution in [3.05, 3.63) is 59.2 Å². The zero-order valence-corrected chi connectivity index (χ0v) is 18.3. The number of benzene rings is 2. The van der Waals surface area contributed by atoms with Gasteiger partial charge in [-0.1, -0.05) is 18.2 Å². The van der Waals surface area contributed by atoms with Crippen molar-refractivity contribution in [1.29, 1.82) is 0 Å². The molecule has 0 spiro atoms. The lowest BCUT2D eigenvalue weighted by Gasteiger charge is -2.31. The Hall–Kier alpha value is -3.28. The minimum atomic E-state index is -0.438. The molecule has 1 heterocycles. The zero-order valence-electron chi connectivity index (χ0n) is 18.3. The zero-order chi connectivity index (χ0) is 22.2. The molecule has 31 heavy (non-hydrogen) atoms. The molecule has 0 atom stereocenters. The van der Waals surface area contributed by atoms with Crippen LogP contribution in [-0.2, 0) is 16.1 Å². The first kappa shape index (κ1) is 21.0. The molecule has 0 unspecified atom stereocenters. The monoisotopic (exact) mass is 421 g/mol. The van der Waals surface area contributed by atoms with Crippen LogP contribution in [0.5, 0.6) is 11.5 Å². The van der Waals surface area contributed by atoms with Crippen LogP contribution in [0.1, 0.15) is 48.2 Å². The van der Waals surface area contributed by atoms with Gasteiger partial charge < -0.3 is 19.1 Å². The summed E-state index contributed by atoms with van der Waals surface area (Å²) in [5, 5.41) is 0. The van der Waals surface area contributed by atoms with Gasteiger partial charge in [0.1, 0.15) is 5.60 Å². The van der Waals surface area contributed by atoms with Gasteiger partial charge >= 0.3 is 5.97 Å². The number of methoxy groups -OCH3 is 2. The lowest BCUT2D eigenvalue weighted by molar-refractivity contribution is -0.119. The molecule has 1 aliphatic heterocycles. The number of carbonyl (C=O) groups excluding carboxylic acids is 2. The fourth-order valence-electron chi connectivity index (χ4n) is 3.70. The summed E-state index contributed by atoms with van der Waals surface area (Å²) in [6.07, 6.45) is 5.85. The first-order chi connectivity index (χ1) is 14.8. The largest absolute Gasteiger partial charge is 0.492 e.